The molecule has 0 aliphatic carbocycles. The average Bonchev–Trinajstić information content (AvgIpc) is 2.45. The van der Waals surface area contributed by atoms with Gasteiger partial charge in [-0.2, -0.15) is 0 Å². The zero-order valence-electron chi connectivity index (χ0n) is 11.8. The maximum absolute atomic E-state index is 12.2. The van der Waals surface area contributed by atoms with Crippen LogP contribution in [0, 0.1) is 0 Å². The third kappa shape index (κ3) is 3.69. The van der Waals surface area contributed by atoms with Crippen molar-refractivity contribution in [1.29, 1.82) is 0 Å². The molecular formula is C17H17NO3. The zero-order chi connectivity index (χ0) is 15.4. The largest absolute Gasteiger partial charge is 0.480 e. The Morgan fingerprint density at radius 1 is 1.19 bits per heavy atom. The van der Waals surface area contributed by atoms with Crippen LogP contribution in [0.3, 0.4) is 0 Å². The molecule has 0 aliphatic heterocycles. The number of carboxylic acid groups (broad SMARTS) is 1. The monoisotopic (exact) mass is 283 g/mol. The van der Waals surface area contributed by atoms with Crippen LogP contribution < -0.4 is 5.32 Å². The van der Waals surface area contributed by atoms with Gasteiger partial charge in [-0.25, -0.2) is 4.79 Å². The molecule has 21 heavy (non-hydrogen) atoms. The maximum Gasteiger partial charge on any atom is 0.326 e. The van der Waals surface area contributed by atoms with Crippen LogP contribution in [0.4, 0.5) is 0 Å². The minimum absolute atomic E-state index is 0.217. The number of hydrogen-bond acceptors (Lipinski definition) is 2. The smallest absolute Gasteiger partial charge is 0.326 e. The number of carboxylic acids is 1. The van der Waals surface area contributed by atoms with Crippen LogP contribution in [-0.2, 0) is 4.79 Å². The summed E-state index contributed by atoms with van der Waals surface area (Å²) in [5.41, 5.74) is 1.16. The minimum Gasteiger partial charge on any atom is -0.480 e. The van der Waals surface area contributed by atoms with Gasteiger partial charge in [0, 0.05) is 5.56 Å². The number of nitrogens with one attached hydrogen (secondary N) is 1. The van der Waals surface area contributed by atoms with E-state index in [-0.39, 0.29) is 6.42 Å². The lowest BCUT2D eigenvalue weighted by atomic mass is 10.1. The van der Waals surface area contributed by atoms with Crippen molar-refractivity contribution in [2.45, 2.75) is 19.4 Å². The molecule has 0 aromatic heterocycles. The molecule has 4 heteroatoms. The first-order chi connectivity index (χ1) is 9.97. The molecule has 2 N–H and O–H groups in total. The first-order valence-electron chi connectivity index (χ1n) is 6.64. The Hall–Kier alpha value is -2.62. The molecule has 4 nitrogen and oxygen atoms in total. The zero-order valence-corrected chi connectivity index (χ0v) is 11.8. The molecule has 2 rings (SSSR count). The number of hydrogen-bond donors (Lipinski definition) is 2. The molecule has 1 atom stereocenters. The van der Waals surface area contributed by atoms with E-state index in [2.05, 4.69) is 11.9 Å². The number of benzene rings is 2. The molecule has 0 fully saturated rings. The molecule has 0 spiro atoms. The number of rotatable bonds is 5. The highest BCUT2D eigenvalue weighted by atomic mass is 16.4. The maximum atomic E-state index is 12.2. The predicted octanol–water partition coefficient (Wildman–Crippen LogP) is 2.99. The lowest BCUT2D eigenvalue weighted by Gasteiger charge is -2.14. The van der Waals surface area contributed by atoms with E-state index in [9.17, 15) is 9.59 Å². The van der Waals surface area contributed by atoms with Crippen LogP contribution in [-0.4, -0.2) is 23.0 Å². The van der Waals surface area contributed by atoms with E-state index in [1.54, 1.807) is 19.1 Å². The van der Waals surface area contributed by atoms with E-state index in [4.69, 9.17) is 5.11 Å². The van der Waals surface area contributed by atoms with Crippen LogP contribution in [0.15, 0.2) is 54.6 Å². The molecular weight excluding hydrogens is 266 g/mol. The van der Waals surface area contributed by atoms with Gasteiger partial charge < -0.3 is 10.4 Å². The van der Waals surface area contributed by atoms with Crippen molar-refractivity contribution < 1.29 is 14.7 Å². The Kier molecular flexibility index (Phi) is 4.38. The van der Waals surface area contributed by atoms with Gasteiger partial charge in [-0.15, -0.1) is 6.58 Å². The summed E-state index contributed by atoms with van der Waals surface area (Å²) in [4.78, 5) is 23.3. The van der Waals surface area contributed by atoms with Gasteiger partial charge in [0.15, 0.2) is 0 Å². The fourth-order valence-electron chi connectivity index (χ4n) is 2.12. The second-order valence-electron chi connectivity index (χ2n) is 5.09. The Morgan fingerprint density at radius 3 is 2.48 bits per heavy atom. The minimum atomic E-state index is -1.06. The van der Waals surface area contributed by atoms with Crippen LogP contribution in [0.1, 0.15) is 23.7 Å². The van der Waals surface area contributed by atoms with E-state index in [0.717, 1.165) is 10.8 Å². The van der Waals surface area contributed by atoms with E-state index < -0.39 is 17.9 Å². The number of amides is 1. The molecule has 2 aromatic carbocycles. The average molecular weight is 283 g/mol. The van der Waals surface area contributed by atoms with Gasteiger partial charge in [-0.1, -0.05) is 35.9 Å². The SMILES string of the molecule is C=C(C)C[C@@H](NC(=O)c1ccc2ccccc2c1)C(=O)O. The predicted molar refractivity (Wildman–Crippen MR) is 82.3 cm³/mol. The van der Waals surface area contributed by atoms with Gasteiger partial charge in [0.1, 0.15) is 6.04 Å². The van der Waals surface area contributed by atoms with Gasteiger partial charge in [-0.05, 0) is 36.2 Å². The lowest BCUT2D eigenvalue weighted by Crippen LogP contribution is -2.40. The summed E-state index contributed by atoms with van der Waals surface area (Å²) in [7, 11) is 0. The summed E-state index contributed by atoms with van der Waals surface area (Å²) in [5, 5.41) is 13.6. The van der Waals surface area contributed by atoms with Gasteiger partial charge in [-0.3, -0.25) is 4.79 Å². The summed E-state index contributed by atoms with van der Waals surface area (Å²) in [6.45, 7) is 5.42. The van der Waals surface area contributed by atoms with Gasteiger partial charge in [0.05, 0.1) is 0 Å². The third-order valence-corrected chi connectivity index (χ3v) is 3.17. The van der Waals surface area contributed by atoms with Gasteiger partial charge in [0.2, 0.25) is 0 Å². The van der Waals surface area contributed by atoms with Crippen molar-refractivity contribution in [2.75, 3.05) is 0 Å². The first-order valence-corrected chi connectivity index (χ1v) is 6.64. The molecule has 0 heterocycles. The van der Waals surface area contributed by atoms with Crippen LogP contribution in [0.5, 0.6) is 0 Å². The Bertz CT molecular complexity index is 706. The molecule has 2 aromatic rings. The van der Waals surface area contributed by atoms with E-state index in [0.29, 0.717) is 11.1 Å². The molecule has 0 radical (unpaired) electrons. The van der Waals surface area contributed by atoms with Gasteiger partial charge in [0.25, 0.3) is 5.91 Å². The van der Waals surface area contributed by atoms with Crippen molar-refractivity contribution in [1.82, 2.24) is 5.32 Å². The number of carbonyl (C=O) groups is 2. The lowest BCUT2D eigenvalue weighted by molar-refractivity contribution is -0.139. The second-order valence-corrected chi connectivity index (χ2v) is 5.09. The number of carbonyl (C=O) groups excluding carboxylic acids is 1. The Labute approximate surface area is 123 Å². The van der Waals surface area contributed by atoms with Crippen LogP contribution in [0.2, 0.25) is 0 Å². The number of aliphatic carboxylic acids is 1. The first kappa shape index (κ1) is 14.8. The highest BCUT2D eigenvalue weighted by Gasteiger charge is 2.20. The Morgan fingerprint density at radius 2 is 1.86 bits per heavy atom. The summed E-state index contributed by atoms with van der Waals surface area (Å²) in [6, 6.07) is 12.0. The van der Waals surface area contributed by atoms with E-state index in [1.165, 1.54) is 0 Å². The third-order valence-electron chi connectivity index (χ3n) is 3.17. The molecule has 0 unspecified atom stereocenters. The van der Waals surface area contributed by atoms with Crippen molar-refractivity contribution >= 4 is 22.6 Å². The quantitative estimate of drug-likeness (QED) is 0.829. The van der Waals surface area contributed by atoms with Crippen molar-refractivity contribution in [2.24, 2.45) is 0 Å². The summed E-state index contributed by atoms with van der Waals surface area (Å²) >= 11 is 0. The topological polar surface area (TPSA) is 66.4 Å². The summed E-state index contributed by atoms with van der Waals surface area (Å²) < 4.78 is 0. The molecule has 108 valence electrons. The summed E-state index contributed by atoms with van der Waals surface area (Å²) in [6.07, 6.45) is 0.217. The van der Waals surface area contributed by atoms with E-state index in [1.807, 2.05) is 30.3 Å². The fraction of sp³-hybridized carbons (Fsp3) is 0.176. The molecule has 0 saturated heterocycles. The van der Waals surface area contributed by atoms with Crippen LogP contribution in [0.25, 0.3) is 10.8 Å². The molecule has 1 amide bonds. The molecule has 0 saturated carbocycles. The van der Waals surface area contributed by atoms with Crippen LogP contribution >= 0.6 is 0 Å². The highest BCUT2D eigenvalue weighted by Crippen LogP contribution is 2.16. The fourth-order valence-corrected chi connectivity index (χ4v) is 2.12. The normalized spacial score (nSPS) is 11.9. The summed E-state index contributed by atoms with van der Waals surface area (Å²) in [5.74, 6) is -1.46. The second kappa shape index (κ2) is 6.22. The van der Waals surface area contributed by atoms with Gasteiger partial charge >= 0.3 is 5.97 Å². The number of fused-ring (bicyclic) bond motifs is 1. The molecule has 0 bridgehead atoms. The molecule has 0 aliphatic rings. The van der Waals surface area contributed by atoms with E-state index >= 15 is 0 Å². The van der Waals surface area contributed by atoms with Crippen molar-refractivity contribution in [3.05, 3.63) is 60.2 Å². The highest BCUT2D eigenvalue weighted by molar-refractivity contribution is 6.00. The van der Waals surface area contributed by atoms with Crippen molar-refractivity contribution in [3.8, 4) is 0 Å². The Balaban J connectivity index is 2.20. The standard InChI is InChI=1S/C17H17NO3/c1-11(2)9-15(17(20)21)18-16(19)14-8-7-12-5-3-4-6-13(12)10-14/h3-8,10,15H,1,9H2,2H3,(H,18,19)(H,20,21)/t15-/m1/s1. The van der Waals surface area contributed by atoms with Crippen molar-refractivity contribution in [3.63, 3.8) is 0 Å².